The summed E-state index contributed by atoms with van der Waals surface area (Å²) in [7, 11) is 4.47. The normalized spacial score (nSPS) is 11.6. The molecule has 0 bridgehead atoms. The van der Waals surface area contributed by atoms with E-state index in [0.717, 1.165) is 5.56 Å². The average molecular weight is 332 g/mol. The number of phenols is 1. The Morgan fingerprint density at radius 1 is 0.958 bits per heavy atom. The van der Waals surface area contributed by atoms with Crippen molar-refractivity contribution in [1.82, 2.24) is 0 Å². The first-order valence-corrected chi connectivity index (χ1v) is 7.30. The Morgan fingerprint density at radius 2 is 1.62 bits per heavy atom. The predicted octanol–water partition coefficient (Wildman–Crippen LogP) is 2.83. The van der Waals surface area contributed by atoms with Crippen molar-refractivity contribution in [2.24, 2.45) is 0 Å². The Hall–Kier alpha value is -2.89. The van der Waals surface area contributed by atoms with Crippen molar-refractivity contribution >= 4 is 5.97 Å². The number of carboxylic acid groups (broad SMARTS) is 1. The number of hydrogen-bond donors (Lipinski definition) is 2. The second kappa shape index (κ2) is 7.59. The van der Waals surface area contributed by atoms with E-state index in [2.05, 4.69) is 0 Å². The topological polar surface area (TPSA) is 85.2 Å². The van der Waals surface area contributed by atoms with Crippen molar-refractivity contribution in [1.29, 1.82) is 0 Å². The third-order valence-electron chi connectivity index (χ3n) is 3.79. The van der Waals surface area contributed by atoms with Crippen LogP contribution in [0.3, 0.4) is 0 Å². The highest BCUT2D eigenvalue weighted by Gasteiger charge is 2.22. The van der Waals surface area contributed by atoms with E-state index in [9.17, 15) is 15.0 Å². The molecule has 1 unspecified atom stereocenters. The Kier molecular flexibility index (Phi) is 5.52. The zero-order valence-electron chi connectivity index (χ0n) is 13.8. The molecule has 6 nitrogen and oxygen atoms in total. The zero-order valence-corrected chi connectivity index (χ0v) is 13.8. The summed E-state index contributed by atoms with van der Waals surface area (Å²) in [5.74, 6) is -0.377. The Bertz CT molecular complexity index is 725. The lowest BCUT2D eigenvalue weighted by Gasteiger charge is -2.16. The molecule has 2 aromatic carbocycles. The molecule has 0 saturated carbocycles. The number of phenolic OH excluding ortho intramolecular Hbond substituents is 1. The molecule has 0 aliphatic carbocycles. The number of hydrogen-bond acceptors (Lipinski definition) is 5. The maximum atomic E-state index is 11.7. The van der Waals surface area contributed by atoms with Gasteiger partial charge in [0.2, 0.25) is 0 Å². The molecule has 128 valence electrons. The summed E-state index contributed by atoms with van der Waals surface area (Å²) < 4.78 is 15.5. The number of methoxy groups -OCH3 is 3. The first-order chi connectivity index (χ1) is 11.5. The summed E-state index contributed by atoms with van der Waals surface area (Å²) in [4.78, 5) is 11.7. The van der Waals surface area contributed by atoms with Gasteiger partial charge >= 0.3 is 5.97 Å². The monoisotopic (exact) mass is 332 g/mol. The lowest BCUT2D eigenvalue weighted by atomic mass is 9.91. The van der Waals surface area contributed by atoms with Gasteiger partial charge in [-0.15, -0.1) is 0 Å². The molecular formula is C18H20O6. The minimum absolute atomic E-state index is 0.0132. The van der Waals surface area contributed by atoms with Crippen molar-refractivity contribution in [2.45, 2.75) is 12.3 Å². The Morgan fingerprint density at radius 3 is 2.21 bits per heavy atom. The van der Waals surface area contributed by atoms with E-state index in [1.807, 2.05) is 0 Å². The summed E-state index contributed by atoms with van der Waals surface area (Å²) in [6.45, 7) is 0. The van der Waals surface area contributed by atoms with Crippen molar-refractivity contribution < 1.29 is 29.2 Å². The standard InChI is InChI=1S/C18H20O6/c1-22-15-7-5-12(10-17(15)24-3)13(18(20)21)8-11-4-6-14(19)16(9-11)23-2/h4-7,9-10,13,19H,8H2,1-3H3,(H,20,21). The van der Waals surface area contributed by atoms with Crippen LogP contribution in [0.25, 0.3) is 0 Å². The first kappa shape index (κ1) is 17.5. The molecule has 24 heavy (non-hydrogen) atoms. The number of carboxylic acids is 1. The van der Waals surface area contributed by atoms with Crippen molar-refractivity contribution in [3.63, 3.8) is 0 Å². The van der Waals surface area contributed by atoms with Gasteiger partial charge in [0.1, 0.15) is 0 Å². The van der Waals surface area contributed by atoms with Crippen LogP contribution in [0.1, 0.15) is 17.0 Å². The number of aliphatic carboxylic acids is 1. The van der Waals surface area contributed by atoms with Crippen molar-refractivity contribution in [3.8, 4) is 23.0 Å². The number of carbonyl (C=O) groups is 1. The van der Waals surface area contributed by atoms with Gasteiger partial charge in [0, 0.05) is 0 Å². The van der Waals surface area contributed by atoms with Gasteiger partial charge in [0.05, 0.1) is 27.2 Å². The Balaban J connectivity index is 2.35. The molecule has 6 heteroatoms. The average Bonchev–Trinajstić information content (AvgIpc) is 2.60. The van der Waals surface area contributed by atoms with Gasteiger partial charge in [-0.1, -0.05) is 12.1 Å². The largest absolute Gasteiger partial charge is 0.504 e. The number of ether oxygens (including phenoxy) is 3. The fourth-order valence-electron chi connectivity index (χ4n) is 2.50. The van der Waals surface area contributed by atoms with Crippen LogP contribution in [0.4, 0.5) is 0 Å². The molecule has 2 aromatic rings. The fraction of sp³-hybridized carbons (Fsp3) is 0.278. The third kappa shape index (κ3) is 3.71. The SMILES string of the molecule is COc1cc(CC(C(=O)O)c2ccc(OC)c(OC)c2)ccc1O. The molecule has 1 atom stereocenters. The molecule has 2 N–H and O–H groups in total. The second-order valence-electron chi connectivity index (χ2n) is 5.22. The number of aromatic hydroxyl groups is 1. The van der Waals surface area contributed by atoms with Crippen LogP contribution in [0, 0.1) is 0 Å². The minimum Gasteiger partial charge on any atom is -0.504 e. The summed E-state index contributed by atoms with van der Waals surface area (Å²) in [6.07, 6.45) is 0.251. The van der Waals surface area contributed by atoms with E-state index in [1.54, 1.807) is 30.3 Å². The molecule has 2 rings (SSSR count). The second-order valence-corrected chi connectivity index (χ2v) is 5.22. The quantitative estimate of drug-likeness (QED) is 0.811. The maximum Gasteiger partial charge on any atom is 0.311 e. The van der Waals surface area contributed by atoms with Gasteiger partial charge in [-0.25, -0.2) is 0 Å². The summed E-state index contributed by atoms with van der Waals surface area (Å²) >= 11 is 0. The van der Waals surface area contributed by atoms with Crippen LogP contribution in [-0.4, -0.2) is 37.5 Å². The molecule has 0 heterocycles. The van der Waals surface area contributed by atoms with Gasteiger partial charge < -0.3 is 24.4 Å². The highest BCUT2D eigenvalue weighted by molar-refractivity contribution is 5.77. The van der Waals surface area contributed by atoms with Crippen LogP contribution in [-0.2, 0) is 11.2 Å². The van der Waals surface area contributed by atoms with Gasteiger partial charge in [0.15, 0.2) is 23.0 Å². The first-order valence-electron chi connectivity index (χ1n) is 7.30. The number of rotatable bonds is 7. The third-order valence-corrected chi connectivity index (χ3v) is 3.79. The van der Waals surface area contributed by atoms with Crippen LogP contribution < -0.4 is 14.2 Å². The molecular weight excluding hydrogens is 312 g/mol. The van der Waals surface area contributed by atoms with Crippen LogP contribution >= 0.6 is 0 Å². The van der Waals surface area contributed by atoms with Gasteiger partial charge in [-0.3, -0.25) is 4.79 Å². The zero-order chi connectivity index (χ0) is 17.7. The van der Waals surface area contributed by atoms with Crippen LogP contribution in [0.15, 0.2) is 36.4 Å². The highest BCUT2D eigenvalue weighted by Crippen LogP contribution is 2.33. The Labute approximate surface area is 140 Å². The molecule has 0 aliphatic heterocycles. The molecule has 0 amide bonds. The predicted molar refractivity (Wildman–Crippen MR) is 88.3 cm³/mol. The van der Waals surface area contributed by atoms with E-state index in [1.165, 1.54) is 27.4 Å². The molecule has 0 saturated heterocycles. The van der Waals surface area contributed by atoms with E-state index in [0.29, 0.717) is 22.8 Å². The molecule has 0 aromatic heterocycles. The lowest BCUT2D eigenvalue weighted by Crippen LogP contribution is -2.14. The van der Waals surface area contributed by atoms with Crippen LogP contribution in [0.5, 0.6) is 23.0 Å². The van der Waals surface area contributed by atoms with Crippen molar-refractivity contribution in [2.75, 3.05) is 21.3 Å². The lowest BCUT2D eigenvalue weighted by molar-refractivity contribution is -0.138. The summed E-state index contributed by atoms with van der Waals surface area (Å²) in [6, 6.07) is 9.84. The van der Waals surface area contributed by atoms with E-state index >= 15 is 0 Å². The van der Waals surface area contributed by atoms with Crippen molar-refractivity contribution in [3.05, 3.63) is 47.5 Å². The fourth-order valence-corrected chi connectivity index (χ4v) is 2.50. The number of benzene rings is 2. The summed E-state index contributed by atoms with van der Waals surface area (Å²) in [5.41, 5.74) is 1.35. The minimum atomic E-state index is -0.950. The molecule has 0 radical (unpaired) electrons. The van der Waals surface area contributed by atoms with Gasteiger partial charge in [0.25, 0.3) is 0 Å². The van der Waals surface area contributed by atoms with Gasteiger partial charge in [-0.05, 0) is 41.8 Å². The van der Waals surface area contributed by atoms with Crippen LogP contribution in [0.2, 0.25) is 0 Å². The molecule has 0 fully saturated rings. The maximum absolute atomic E-state index is 11.7. The highest BCUT2D eigenvalue weighted by atomic mass is 16.5. The summed E-state index contributed by atoms with van der Waals surface area (Å²) in [5, 5.41) is 19.3. The van der Waals surface area contributed by atoms with E-state index < -0.39 is 11.9 Å². The smallest absolute Gasteiger partial charge is 0.311 e. The molecule has 0 aliphatic rings. The van der Waals surface area contributed by atoms with E-state index in [-0.39, 0.29) is 12.2 Å². The molecule has 0 spiro atoms. The van der Waals surface area contributed by atoms with E-state index in [4.69, 9.17) is 14.2 Å². The van der Waals surface area contributed by atoms with Gasteiger partial charge in [-0.2, -0.15) is 0 Å².